The van der Waals surface area contributed by atoms with Gasteiger partial charge < -0.3 is 14.1 Å². The van der Waals surface area contributed by atoms with Gasteiger partial charge in [-0.25, -0.2) is 0 Å². The summed E-state index contributed by atoms with van der Waals surface area (Å²) in [6, 6.07) is 17.0. The molecule has 1 atom stereocenters. The minimum Gasteiger partial charge on any atom is -0.455 e. The van der Waals surface area contributed by atoms with E-state index in [9.17, 15) is 9.59 Å². The first-order chi connectivity index (χ1) is 13.6. The number of benzene rings is 2. The Hall–Kier alpha value is -3.48. The van der Waals surface area contributed by atoms with E-state index < -0.39 is 11.9 Å². The van der Waals surface area contributed by atoms with Crippen LogP contribution in [0.4, 0.5) is 5.69 Å². The summed E-state index contributed by atoms with van der Waals surface area (Å²) in [6.45, 7) is 2.17. The van der Waals surface area contributed by atoms with Crippen LogP contribution < -0.4 is 4.90 Å². The highest BCUT2D eigenvalue weighted by molar-refractivity contribution is 5.99. The fourth-order valence-corrected chi connectivity index (χ4v) is 3.10. The van der Waals surface area contributed by atoms with Crippen molar-refractivity contribution in [1.82, 2.24) is 10.2 Å². The third-order valence-electron chi connectivity index (χ3n) is 4.63. The van der Waals surface area contributed by atoms with Crippen molar-refractivity contribution in [3.63, 3.8) is 0 Å². The van der Waals surface area contributed by atoms with Crippen molar-refractivity contribution >= 4 is 17.6 Å². The molecular formula is C21H19N3O4. The molecule has 28 heavy (non-hydrogen) atoms. The van der Waals surface area contributed by atoms with E-state index >= 15 is 0 Å². The lowest BCUT2D eigenvalue weighted by molar-refractivity contribution is -0.150. The number of rotatable bonds is 5. The van der Waals surface area contributed by atoms with Gasteiger partial charge in [0.15, 0.2) is 6.61 Å². The number of amides is 1. The summed E-state index contributed by atoms with van der Waals surface area (Å²) in [7, 11) is 0. The molecule has 0 bridgehead atoms. The number of hydrogen-bond acceptors (Lipinski definition) is 6. The smallest absolute Gasteiger partial charge is 0.311 e. The molecule has 0 aliphatic carbocycles. The van der Waals surface area contributed by atoms with Gasteiger partial charge in [0.1, 0.15) is 0 Å². The molecule has 142 valence electrons. The molecule has 7 nitrogen and oxygen atoms in total. The van der Waals surface area contributed by atoms with Gasteiger partial charge in [-0.15, -0.1) is 10.2 Å². The highest BCUT2D eigenvalue weighted by Gasteiger charge is 2.36. The van der Waals surface area contributed by atoms with E-state index in [1.807, 2.05) is 61.5 Å². The van der Waals surface area contributed by atoms with Crippen LogP contribution in [0, 0.1) is 12.8 Å². The van der Waals surface area contributed by atoms with Gasteiger partial charge >= 0.3 is 5.97 Å². The molecule has 1 aromatic heterocycles. The number of anilines is 1. The molecule has 1 aliphatic rings. The van der Waals surface area contributed by atoms with Crippen LogP contribution in [0.1, 0.15) is 17.9 Å². The van der Waals surface area contributed by atoms with Gasteiger partial charge in [0.25, 0.3) is 5.89 Å². The van der Waals surface area contributed by atoms with E-state index in [1.165, 1.54) is 0 Å². The third kappa shape index (κ3) is 3.78. The summed E-state index contributed by atoms with van der Waals surface area (Å²) in [5.74, 6) is -0.456. The van der Waals surface area contributed by atoms with Crippen LogP contribution in [0.2, 0.25) is 0 Å². The molecule has 0 spiro atoms. The highest BCUT2D eigenvalue weighted by Crippen LogP contribution is 2.26. The van der Waals surface area contributed by atoms with Crippen LogP contribution in [-0.2, 0) is 20.9 Å². The Morgan fingerprint density at radius 2 is 1.89 bits per heavy atom. The van der Waals surface area contributed by atoms with Gasteiger partial charge in [-0.2, -0.15) is 0 Å². The molecule has 1 amide bonds. The van der Waals surface area contributed by atoms with Crippen LogP contribution in [0.3, 0.4) is 0 Å². The van der Waals surface area contributed by atoms with Crippen molar-refractivity contribution in [2.45, 2.75) is 20.0 Å². The summed E-state index contributed by atoms with van der Waals surface area (Å²) < 4.78 is 10.8. The number of aromatic nitrogens is 2. The zero-order valence-corrected chi connectivity index (χ0v) is 15.4. The molecular weight excluding hydrogens is 358 g/mol. The molecule has 2 heterocycles. The van der Waals surface area contributed by atoms with E-state index in [-0.39, 0.29) is 24.8 Å². The first kappa shape index (κ1) is 17.9. The minimum atomic E-state index is -0.509. The Morgan fingerprint density at radius 3 is 2.64 bits per heavy atom. The lowest BCUT2D eigenvalue weighted by atomic mass is 10.1. The lowest BCUT2D eigenvalue weighted by Crippen LogP contribution is -2.26. The standard InChI is InChI=1S/C21H19N3O4/c1-14-7-9-17(10-8-14)24-12-16(11-19(24)25)21(26)27-13-18-22-23-20(28-18)15-5-3-2-4-6-15/h2-10,16H,11-13H2,1H3/t16-/m1/s1. The molecule has 0 N–H and O–H groups in total. The average molecular weight is 377 g/mol. The van der Waals surface area contributed by atoms with Gasteiger partial charge in [-0.1, -0.05) is 35.9 Å². The normalized spacial score (nSPS) is 16.4. The van der Waals surface area contributed by atoms with Crippen LogP contribution in [0.25, 0.3) is 11.5 Å². The fourth-order valence-electron chi connectivity index (χ4n) is 3.10. The van der Waals surface area contributed by atoms with Crippen LogP contribution in [0.5, 0.6) is 0 Å². The second kappa shape index (κ2) is 7.64. The maximum atomic E-state index is 12.4. The predicted octanol–water partition coefficient (Wildman–Crippen LogP) is 3.14. The van der Waals surface area contributed by atoms with Crippen molar-refractivity contribution in [3.05, 3.63) is 66.1 Å². The number of aryl methyl sites for hydroxylation is 1. The number of hydrogen-bond donors (Lipinski definition) is 0. The zero-order valence-electron chi connectivity index (χ0n) is 15.4. The second-order valence-corrected chi connectivity index (χ2v) is 6.72. The average Bonchev–Trinajstić information content (AvgIpc) is 3.34. The SMILES string of the molecule is Cc1ccc(N2C[C@H](C(=O)OCc3nnc(-c4ccccc4)o3)CC2=O)cc1. The molecule has 1 aliphatic heterocycles. The maximum Gasteiger partial charge on any atom is 0.311 e. The molecule has 2 aromatic carbocycles. The first-order valence-corrected chi connectivity index (χ1v) is 9.01. The van der Waals surface area contributed by atoms with Crippen molar-refractivity contribution < 1.29 is 18.7 Å². The molecule has 3 aromatic rings. The summed E-state index contributed by atoms with van der Waals surface area (Å²) >= 11 is 0. The van der Waals surface area contributed by atoms with E-state index in [4.69, 9.17) is 9.15 Å². The third-order valence-corrected chi connectivity index (χ3v) is 4.63. The Labute approximate surface area is 161 Å². The van der Waals surface area contributed by atoms with E-state index in [0.29, 0.717) is 12.4 Å². The summed E-state index contributed by atoms with van der Waals surface area (Å²) in [5, 5.41) is 7.87. The molecule has 4 rings (SSSR count). The van der Waals surface area contributed by atoms with Crippen LogP contribution >= 0.6 is 0 Å². The van der Waals surface area contributed by atoms with E-state index in [0.717, 1.165) is 16.8 Å². The largest absolute Gasteiger partial charge is 0.455 e. The van der Waals surface area contributed by atoms with Crippen molar-refractivity contribution in [1.29, 1.82) is 0 Å². The Balaban J connectivity index is 1.35. The Morgan fingerprint density at radius 1 is 1.14 bits per heavy atom. The molecule has 0 unspecified atom stereocenters. The quantitative estimate of drug-likeness (QED) is 0.635. The van der Waals surface area contributed by atoms with Gasteiger partial charge in [0.05, 0.1) is 5.92 Å². The van der Waals surface area contributed by atoms with Gasteiger partial charge in [0, 0.05) is 24.2 Å². The topological polar surface area (TPSA) is 85.5 Å². The monoisotopic (exact) mass is 377 g/mol. The number of ether oxygens (including phenoxy) is 1. The van der Waals surface area contributed by atoms with Crippen molar-refractivity contribution in [3.8, 4) is 11.5 Å². The van der Waals surface area contributed by atoms with Gasteiger partial charge in [-0.3, -0.25) is 9.59 Å². The zero-order chi connectivity index (χ0) is 19.5. The number of carbonyl (C=O) groups excluding carboxylic acids is 2. The van der Waals surface area contributed by atoms with Gasteiger partial charge in [-0.05, 0) is 31.2 Å². The number of carbonyl (C=O) groups is 2. The van der Waals surface area contributed by atoms with Crippen molar-refractivity contribution in [2.75, 3.05) is 11.4 Å². The Bertz CT molecular complexity index is 982. The van der Waals surface area contributed by atoms with E-state index in [1.54, 1.807) is 4.90 Å². The summed E-state index contributed by atoms with van der Waals surface area (Å²) in [6.07, 6.45) is 0.131. The molecule has 1 fully saturated rings. The second-order valence-electron chi connectivity index (χ2n) is 6.72. The fraction of sp³-hybridized carbons (Fsp3) is 0.238. The predicted molar refractivity (Wildman–Crippen MR) is 101 cm³/mol. The number of nitrogens with zero attached hydrogens (tertiary/aromatic N) is 3. The molecule has 7 heteroatoms. The number of esters is 1. The minimum absolute atomic E-state index is 0.0880. The first-order valence-electron chi connectivity index (χ1n) is 9.01. The highest BCUT2D eigenvalue weighted by atomic mass is 16.5. The maximum absolute atomic E-state index is 12.4. The Kier molecular flexibility index (Phi) is 4.89. The van der Waals surface area contributed by atoms with E-state index in [2.05, 4.69) is 10.2 Å². The van der Waals surface area contributed by atoms with Gasteiger partial charge in [0.2, 0.25) is 11.8 Å². The lowest BCUT2D eigenvalue weighted by Gasteiger charge is -2.16. The molecule has 0 saturated carbocycles. The van der Waals surface area contributed by atoms with Crippen LogP contribution in [0.15, 0.2) is 59.0 Å². The van der Waals surface area contributed by atoms with Crippen molar-refractivity contribution in [2.24, 2.45) is 5.92 Å². The molecule has 0 radical (unpaired) electrons. The molecule has 1 saturated heterocycles. The summed E-state index contributed by atoms with van der Waals surface area (Å²) in [5.41, 5.74) is 2.69. The summed E-state index contributed by atoms with van der Waals surface area (Å²) in [4.78, 5) is 26.3. The van der Waals surface area contributed by atoms with Crippen LogP contribution in [-0.4, -0.2) is 28.6 Å².